The van der Waals surface area contributed by atoms with Crippen molar-refractivity contribution in [2.45, 2.75) is 0 Å². The lowest BCUT2D eigenvalue weighted by atomic mass is 10.0. The van der Waals surface area contributed by atoms with Gasteiger partial charge in [-0.1, -0.05) is 103 Å². The summed E-state index contributed by atoms with van der Waals surface area (Å²) < 4.78 is 15.7. The van der Waals surface area contributed by atoms with Gasteiger partial charge in [0.1, 0.15) is 11.2 Å². The summed E-state index contributed by atoms with van der Waals surface area (Å²) in [6, 6.07) is 49.9. The van der Waals surface area contributed by atoms with Gasteiger partial charge in [-0.2, -0.15) is 0 Å². The van der Waals surface area contributed by atoms with Crippen LogP contribution in [0.2, 0.25) is 0 Å². The lowest BCUT2D eigenvalue weighted by Gasteiger charge is -2.38. The molecule has 0 aliphatic carbocycles. The van der Waals surface area contributed by atoms with Crippen LogP contribution in [0.15, 0.2) is 146 Å². The van der Waals surface area contributed by atoms with Gasteiger partial charge < -0.3 is 9.47 Å². The highest BCUT2D eigenvalue weighted by Gasteiger charge is 2.37. The Bertz CT molecular complexity index is 2790. The molecule has 6 heteroatoms. The average Bonchev–Trinajstić information content (AvgIpc) is 3.49. The van der Waals surface area contributed by atoms with E-state index in [1.807, 2.05) is 42.5 Å². The van der Waals surface area contributed by atoms with E-state index in [1.54, 1.807) is 0 Å². The van der Waals surface area contributed by atoms with Gasteiger partial charge in [-0.3, -0.25) is 9.47 Å². The predicted octanol–water partition coefficient (Wildman–Crippen LogP) is 11.2. The largest absolute Gasteiger partial charge is 0.453 e. The molecule has 224 valence electrons. The highest BCUT2D eigenvalue weighted by molar-refractivity contribution is 6.16. The number of ether oxygens (including phenoxy) is 2. The molecule has 4 heterocycles. The maximum Gasteiger partial charge on any atom is 0.235 e. The third kappa shape index (κ3) is 3.40. The fraction of sp³-hybridized carbons (Fsp3) is 0. The smallest absolute Gasteiger partial charge is 0.235 e. The molecule has 0 unspecified atom stereocenters. The summed E-state index contributed by atoms with van der Waals surface area (Å²) in [4.78, 5) is 13.0. The van der Waals surface area contributed by atoms with Crippen molar-refractivity contribution < 1.29 is 9.47 Å². The van der Waals surface area contributed by atoms with Crippen molar-refractivity contribution in [3.63, 3.8) is 0 Å². The quantitative estimate of drug-likeness (QED) is 0.181. The molecule has 0 atom stereocenters. The van der Waals surface area contributed by atoms with Crippen molar-refractivity contribution in [1.82, 2.24) is 14.5 Å². The van der Waals surface area contributed by atoms with E-state index in [9.17, 15) is 0 Å². The second kappa shape index (κ2) is 9.44. The number of hydrogen-bond acceptors (Lipinski definition) is 5. The summed E-state index contributed by atoms with van der Waals surface area (Å²) in [5.74, 6) is 3.59. The summed E-state index contributed by atoms with van der Waals surface area (Å²) in [5, 5.41) is 5.28. The molecule has 2 aromatic heterocycles. The summed E-state index contributed by atoms with van der Waals surface area (Å²) in [7, 11) is 0. The first-order valence-corrected chi connectivity index (χ1v) is 16.0. The van der Waals surface area contributed by atoms with Crippen molar-refractivity contribution in [2.24, 2.45) is 0 Å². The molecule has 0 bridgehead atoms. The normalized spacial score (nSPS) is 12.9. The van der Waals surface area contributed by atoms with Crippen LogP contribution in [-0.4, -0.2) is 14.5 Å². The zero-order valence-corrected chi connectivity index (χ0v) is 25.5. The molecule has 0 N–H and O–H groups in total. The molecular formula is C42H24N4O2. The lowest BCUT2D eigenvalue weighted by Crippen LogP contribution is -2.20. The Morgan fingerprint density at radius 1 is 0.500 bits per heavy atom. The fourth-order valence-corrected chi connectivity index (χ4v) is 7.48. The van der Waals surface area contributed by atoms with Gasteiger partial charge in [0.15, 0.2) is 23.0 Å². The van der Waals surface area contributed by atoms with Gasteiger partial charge in [0.25, 0.3) is 0 Å². The number of rotatable bonds is 2. The molecule has 0 fully saturated rings. The molecular weight excluding hydrogens is 592 g/mol. The van der Waals surface area contributed by atoms with Gasteiger partial charge in [-0.25, -0.2) is 9.97 Å². The van der Waals surface area contributed by atoms with E-state index >= 15 is 0 Å². The molecule has 11 rings (SSSR count). The SMILES string of the molecule is c1ccc(-c2nc(-n3c4ccccc4c4cc5c6c(c43)Oc3ccccc3N6c3ccccc3O5)nc3c2ccc2ccccc23)cc1. The molecule has 2 aliphatic heterocycles. The van der Waals surface area contributed by atoms with Crippen LogP contribution in [0.3, 0.4) is 0 Å². The van der Waals surface area contributed by atoms with Crippen molar-refractivity contribution in [1.29, 1.82) is 0 Å². The van der Waals surface area contributed by atoms with Crippen LogP contribution in [0.5, 0.6) is 23.0 Å². The summed E-state index contributed by atoms with van der Waals surface area (Å²) in [5.41, 5.74) is 7.46. The molecule has 0 saturated heterocycles. The Labute approximate surface area is 274 Å². The summed E-state index contributed by atoms with van der Waals surface area (Å²) in [6.07, 6.45) is 0. The number of nitrogens with zero attached hydrogens (tertiary/aromatic N) is 4. The zero-order valence-electron chi connectivity index (χ0n) is 25.5. The van der Waals surface area contributed by atoms with Crippen molar-refractivity contribution in [3.8, 4) is 40.2 Å². The van der Waals surface area contributed by atoms with Crippen LogP contribution in [0.1, 0.15) is 0 Å². The molecule has 9 aromatic rings. The molecule has 0 amide bonds. The first kappa shape index (κ1) is 25.5. The van der Waals surface area contributed by atoms with E-state index in [1.165, 1.54) is 0 Å². The number of benzene rings is 7. The maximum absolute atomic E-state index is 6.92. The first-order valence-electron chi connectivity index (χ1n) is 16.0. The monoisotopic (exact) mass is 616 g/mol. The van der Waals surface area contributed by atoms with Gasteiger partial charge in [-0.15, -0.1) is 0 Å². The highest BCUT2D eigenvalue weighted by Crippen LogP contribution is 2.62. The van der Waals surface area contributed by atoms with E-state index in [0.717, 1.165) is 89.0 Å². The number of hydrogen-bond donors (Lipinski definition) is 0. The maximum atomic E-state index is 6.92. The van der Waals surface area contributed by atoms with E-state index in [0.29, 0.717) is 11.7 Å². The molecule has 6 nitrogen and oxygen atoms in total. The number of aromatic nitrogens is 3. The lowest BCUT2D eigenvalue weighted by molar-refractivity contribution is 0.449. The standard InChI is InChI=1S/C42H24N4O2/c1-2-13-26(14-3-1)37-29-23-22-25-12-4-5-15-27(25)38(29)44-42(43-37)46-31-17-7-6-16-28(31)30-24-36-40-41(39(30)46)48-35-21-11-9-19-33(35)45(40)32-18-8-10-20-34(32)47-36/h1-24H. The minimum Gasteiger partial charge on any atom is -0.453 e. The Morgan fingerprint density at radius 3 is 2.02 bits per heavy atom. The Balaban J connectivity index is 1.30. The number of anilines is 3. The molecule has 0 spiro atoms. The molecule has 0 radical (unpaired) electrons. The average molecular weight is 617 g/mol. The van der Waals surface area contributed by atoms with Gasteiger partial charge in [0.2, 0.25) is 5.95 Å². The van der Waals surface area contributed by atoms with Crippen LogP contribution in [0.25, 0.3) is 60.7 Å². The minimum absolute atomic E-state index is 0.575. The van der Waals surface area contributed by atoms with E-state index < -0.39 is 0 Å². The van der Waals surface area contributed by atoms with Crippen LogP contribution in [-0.2, 0) is 0 Å². The minimum atomic E-state index is 0.575. The number of fused-ring (bicyclic) bond motifs is 11. The van der Waals surface area contributed by atoms with Crippen LogP contribution >= 0.6 is 0 Å². The molecule has 7 aromatic carbocycles. The van der Waals surface area contributed by atoms with Gasteiger partial charge in [0, 0.05) is 27.1 Å². The highest BCUT2D eigenvalue weighted by atomic mass is 16.5. The van der Waals surface area contributed by atoms with E-state index in [-0.39, 0.29) is 0 Å². The molecule has 48 heavy (non-hydrogen) atoms. The third-order valence-electron chi connectivity index (χ3n) is 9.55. The van der Waals surface area contributed by atoms with E-state index in [2.05, 4.69) is 113 Å². The van der Waals surface area contributed by atoms with E-state index in [4.69, 9.17) is 19.4 Å². The van der Waals surface area contributed by atoms with Crippen molar-refractivity contribution >= 4 is 60.5 Å². The zero-order chi connectivity index (χ0) is 31.3. The second-order valence-corrected chi connectivity index (χ2v) is 12.2. The Hall–Kier alpha value is -6.66. The third-order valence-corrected chi connectivity index (χ3v) is 9.55. The molecule has 2 aliphatic rings. The second-order valence-electron chi connectivity index (χ2n) is 12.2. The predicted molar refractivity (Wildman–Crippen MR) is 192 cm³/mol. The number of para-hydroxylation sites is 5. The Kier molecular flexibility index (Phi) is 5.02. The Morgan fingerprint density at radius 2 is 1.19 bits per heavy atom. The summed E-state index contributed by atoms with van der Waals surface area (Å²) in [6.45, 7) is 0. The van der Waals surface area contributed by atoms with Crippen LogP contribution < -0.4 is 14.4 Å². The van der Waals surface area contributed by atoms with Crippen LogP contribution in [0.4, 0.5) is 17.1 Å². The van der Waals surface area contributed by atoms with Crippen LogP contribution in [0, 0.1) is 0 Å². The van der Waals surface area contributed by atoms with Crippen molar-refractivity contribution in [3.05, 3.63) is 146 Å². The van der Waals surface area contributed by atoms with Gasteiger partial charge in [-0.05, 0) is 47.9 Å². The van der Waals surface area contributed by atoms with Gasteiger partial charge in [0.05, 0.1) is 28.1 Å². The molecule has 0 saturated carbocycles. The topological polar surface area (TPSA) is 52.4 Å². The first-order chi connectivity index (χ1) is 23.8. The van der Waals surface area contributed by atoms with Gasteiger partial charge >= 0.3 is 0 Å². The fourth-order valence-electron chi connectivity index (χ4n) is 7.48. The summed E-state index contributed by atoms with van der Waals surface area (Å²) >= 11 is 0. The van der Waals surface area contributed by atoms with Crippen molar-refractivity contribution in [2.75, 3.05) is 4.90 Å².